The Hall–Kier alpha value is -1.89. The lowest BCUT2D eigenvalue weighted by Gasteiger charge is -2.32. The summed E-state index contributed by atoms with van der Waals surface area (Å²) in [5, 5.41) is 21.8. The quantitative estimate of drug-likeness (QED) is 0.214. The third-order valence-electron chi connectivity index (χ3n) is 4.56. The van der Waals surface area contributed by atoms with Crippen molar-refractivity contribution >= 4 is 20.0 Å². The molecule has 0 aromatic carbocycles. The van der Waals surface area contributed by atoms with Crippen molar-refractivity contribution in [1.82, 2.24) is 14.6 Å². The lowest BCUT2D eigenvalue weighted by atomic mass is 10.2. The molecule has 0 amide bonds. The summed E-state index contributed by atoms with van der Waals surface area (Å²) in [6, 6.07) is 0.241. The molecule has 0 saturated heterocycles. The number of rotatable bonds is 14. The maximum Gasteiger partial charge on any atom is 0.351 e. The summed E-state index contributed by atoms with van der Waals surface area (Å²) in [4.78, 5) is 27.4. The summed E-state index contributed by atoms with van der Waals surface area (Å²) in [6.45, 7) is 4.29. The average Bonchev–Trinajstić information content (AvgIpc) is 2.74. The molecule has 32 heavy (non-hydrogen) atoms. The number of anilines is 1. The smallest absolute Gasteiger partial charge is 0.351 e. The summed E-state index contributed by atoms with van der Waals surface area (Å²) in [5.41, 5.74) is 4.48. The van der Waals surface area contributed by atoms with Gasteiger partial charge in [-0.2, -0.15) is 4.98 Å². The van der Waals surface area contributed by atoms with Crippen LogP contribution in [0.1, 0.15) is 46.8 Å². The summed E-state index contributed by atoms with van der Waals surface area (Å²) < 4.78 is 43.5. The van der Waals surface area contributed by atoms with Gasteiger partial charge in [0.2, 0.25) is 0 Å². The van der Waals surface area contributed by atoms with Crippen LogP contribution < -0.4 is 16.5 Å². The van der Waals surface area contributed by atoms with Crippen LogP contribution in [0.25, 0.3) is 0 Å². The minimum atomic E-state index is -3.16. The maximum absolute atomic E-state index is 15.3. The maximum atomic E-state index is 15.3. The van der Waals surface area contributed by atoms with Gasteiger partial charge in [-0.05, 0) is 32.8 Å². The molecule has 0 aliphatic heterocycles. The number of nitrogens with zero attached hydrogens (tertiary/aromatic N) is 2. The van der Waals surface area contributed by atoms with E-state index in [1.807, 2.05) is 13.8 Å². The minimum Gasteiger partial charge on any atom is -0.461 e. The van der Waals surface area contributed by atoms with Crippen LogP contribution in [-0.2, 0) is 23.4 Å². The zero-order chi connectivity index (χ0) is 24.5. The lowest BCUT2D eigenvalue weighted by molar-refractivity contribution is -0.263. The van der Waals surface area contributed by atoms with Crippen LogP contribution >= 0.6 is 8.18 Å². The zero-order valence-corrected chi connectivity index (χ0v) is 19.5. The topological polar surface area (TPSA) is 175 Å². The Bertz CT molecular complexity index is 822. The number of aliphatic hydroxyl groups excluding tert-OH is 2. The standard InChI is InChI=1S/C18H32FN4O8P/c1-5-13(6-2)30-16(26)11(3)22-32(28)29-10-18(19,12(4)25)31-15(9-24)23-8-7-14(20)21-17(23)27/h7-8,11-13,15,24-25,32H,5-6,9-10H2,1-4H3,(H,22,28)(H2,20,21,27)/t11-,12-,15+,18+/m0/s1. The van der Waals surface area contributed by atoms with Gasteiger partial charge in [0.25, 0.3) is 14.0 Å². The number of halogens is 1. The molecule has 0 saturated carbocycles. The van der Waals surface area contributed by atoms with Crippen molar-refractivity contribution in [1.29, 1.82) is 0 Å². The number of hydrogen-bond donors (Lipinski definition) is 4. The van der Waals surface area contributed by atoms with Crippen LogP contribution in [0.2, 0.25) is 0 Å². The van der Waals surface area contributed by atoms with Gasteiger partial charge in [0.15, 0.2) is 6.23 Å². The highest BCUT2D eigenvalue weighted by molar-refractivity contribution is 7.36. The molecular weight excluding hydrogens is 450 g/mol. The second-order valence-corrected chi connectivity index (χ2v) is 8.23. The van der Waals surface area contributed by atoms with E-state index in [1.165, 1.54) is 13.0 Å². The van der Waals surface area contributed by atoms with E-state index in [-0.39, 0.29) is 11.9 Å². The van der Waals surface area contributed by atoms with E-state index < -0.39 is 57.3 Å². The molecule has 0 aliphatic carbocycles. The number of nitrogens with two attached hydrogens (primary N) is 1. The van der Waals surface area contributed by atoms with Crippen molar-refractivity contribution in [3.8, 4) is 0 Å². The lowest BCUT2D eigenvalue weighted by Crippen LogP contribution is -2.47. The van der Waals surface area contributed by atoms with Gasteiger partial charge in [-0.1, -0.05) is 13.8 Å². The minimum absolute atomic E-state index is 0.0881. The first kappa shape index (κ1) is 28.1. The van der Waals surface area contributed by atoms with Crippen molar-refractivity contribution in [2.75, 3.05) is 18.9 Å². The molecule has 5 N–H and O–H groups in total. The third kappa shape index (κ3) is 8.23. The molecule has 0 fully saturated rings. The number of carbonyl (C=O) groups excluding carboxylic acids is 1. The van der Waals surface area contributed by atoms with E-state index in [0.29, 0.717) is 12.8 Å². The normalized spacial score (nSPS) is 17.4. The van der Waals surface area contributed by atoms with E-state index in [9.17, 15) is 24.4 Å². The fraction of sp³-hybridized carbons (Fsp3) is 0.722. The molecule has 0 spiro atoms. The number of alkyl halides is 1. The molecule has 1 unspecified atom stereocenters. The van der Waals surface area contributed by atoms with Gasteiger partial charge in [-0.15, -0.1) is 0 Å². The predicted molar refractivity (Wildman–Crippen MR) is 114 cm³/mol. The number of ether oxygens (including phenoxy) is 2. The Morgan fingerprint density at radius 3 is 2.53 bits per heavy atom. The second kappa shape index (κ2) is 13.0. The molecule has 1 aromatic rings. The van der Waals surface area contributed by atoms with Gasteiger partial charge < -0.3 is 29.9 Å². The van der Waals surface area contributed by atoms with Crippen molar-refractivity contribution < 1.29 is 38.0 Å². The molecule has 1 rings (SSSR count). The number of nitrogens with one attached hydrogen (secondary N) is 1. The second-order valence-electron chi connectivity index (χ2n) is 7.08. The van der Waals surface area contributed by atoms with Gasteiger partial charge in [-0.3, -0.25) is 13.9 Å². The van der Waals surface area contributed by atoms with Crippen LogP contribution in [0.3, 0.4) is 0 Å². The molecular formula is C18H32FN4O8P. The number of hydrogen-bond acceptors (Lipinski definition) is 10. The Balaban J connectivity index is 2.79. The fourth-order valence-electron chi connectivity index (χ4n) is 2.47. The Kier molecular flexibility index (Phi) is 11.4. The summed E-state index contributed by atoms with van der Waals surface area (Å²) in [7, 11) is -3.16. The van der Waals surface area contributed by atoms with Gasteiger partial charge in [0.05, 0.1) is 6.61 Å². The molecule has 0 radical (unpaired) electrons. The molecule has 1 aromatic heterocycles. The van der Waals surface area contributed by atoms with Crippen LogP contribution in [0, 0.1) is 0 Å². The van der Waals surface area contributed by atoms with Gasteiger partial charge in [0, 0.05) is 6.20 Å². The van der Waals surface area contributed by atoms with Crippen molar-refractivity contribution in [2.24, 2.45) is 0 Å². The molecule has 14 heteroatoms. The summed E-state index contributed by atoms with van der Waals surface area (Å²) in [6.07, 6.45) is -1.29. The van der Waals surface area contributed by atoms with Crippen molar-refractivity contribution in [2.45, 2.75) is 70.9 Å². The van der Waals surface area contributed by atoms with E-state index in [1.54, 1.807) is 0 Å². The number of nitrogen functional groups attached to an aromatic ring is 1. The number of esters is 1. The van der Waals surface area contributed by atoms with E-state index in [2.05, 4.69) is 10.1 Å². The highest BCUT2D eigenvalue weighted by Gasteiger charge is 2.41. The van der Waals surface area contributed by atoms with Crippen LogP contribution in [0.5, 0.6) is 0 Å². The Labute approximate surface area is 185 Å². The third-order valence-corrected chi connectivity index (χ3v) is 5.63. The monoisotopic (exact) mass is 482 g/mol. The molecule has 0 aliphatic rings. The average molecular weight is 482 g/mol. The number of aliphatic hydroxyl groups is 2. The Morgan fingerprint density at radius 2 is 2.03 bits per heavy atom. The predicted octanol–water partition coefficient (Wildman–Crippen LogP) is 0.496. The van der Waals surface area contributed by atoms with Crippen molar-refractivity contribution in [3.63, 3.8) is 0 Å². The van der Waals surface area contributed by atoms with E-state index in [4.69, 9.17) is 19.7 Å². The van der Waals surface area contributed by atoms with E-state index in [0.717, 1.165) is 17.7 Å². The Morgan fingerprint density at radius 1 is 1.41 bits per heavy atom. The first-order chi connectivity index (χ1) is 15.0. The van der Waals surface area contributed by atoms with Crippen molar-refractivity contribution in [3.05, 3.63) is 22.7 Å². The van der Waals surface area contributed by atoms with E-state index >= 15 is 4.39 Å². The highest BCUT2D eigenvalue weighted by atomic mass is 31.1. The fourth-order valence-corrected chi connectivity index (χ4v) is 3.35. The van der Waals surface area contributed by atoms with Gasteiger partial charge in [-0.25, -0.2) is 14.3 Å². The molecule has 5 atom stereocenters. The first-order valence-corrected chi connectivity index (χ1v) is 11.4. The zero-order valence-electron chi connectivity index (χ0n) is 18.5. The number of carbonyl (C=O) groups is 1. The highest BCUT2D eigenvalue weighted by Crippen LogP contribution is 2.29. The van der Waals surface area contributed by atoms with Gasteiger partial charge in [0.1, 0.15) is 30.7 Å². The SMILES string of the molecule is CCC(CC)OC(=O)[C@H](C)N[PH](=O)OC[C@@](F)(O[C@H](CO)n1ccc(N)nc1=O)[C@H](C)O. The largest absolute Gasteiger partial charge is 0.461 e. The summed E-state index contributed by atoms with van der Waals surface area (Å²) >= 11 is 0. The molecule has 1 heterocycles. The van der Waals surface area contributed by atoms with Gasteiger partial charge >= 0.3 is 11.7 Å². The van der Waals surface area contributed by atoms with Crippen LogP contribution in [0.15, 0.2) is 17.1 Å². The molecule has 12 nitrogen and oxygen atoms in total. The molecule has 184 valence electrons. The van der Waals surface area contributed by atoms with Crippen LogP contribution in [0.4, 0.5) is 10.2 Å². The molecule has 0 bridgehead atoms. The van der Waals surface area contributed by atoms with Crippen LogP contribution in [-0.4, -0.2) is 63.1 Å². The first-order valence-electron chi connectivity index (χ1n) is 10.1. The summed E-state index contributed by atoms with van der Waals surface area (Å²) in [5.74, 6) is -3.69. The number of aromatic nitrogens is 2.